The van der Waals surface area contributed by atoms with Gasteiger partial charge in [-0.15, -0.1) is 0 Å². The molecule has 0 aliphatic carbocycles. The lowest BCUT2D eigenvalue weighted by Crippen LogP contribution is -2.55. The molecule has 84 valence electrons. The number of carboxylic acid groups (broad SMARTS) is 1. The van der Waals surface area contributed by atoms with Crippen molar-refractivity contribution in [2.24, 2.45) is 0 Å². The van der Waals surface area contributed by atoms with E-state index < -0.39 is 18.0 Å². The number of nitrogens with one attached hydrogen (secondary N) is 2. The largest absolute Gasteiger partial charge is 0.480 e. The van der Waals surface area contributed by atoms with Gasteiger partial charge < -0.3 is 20.6 Å². The van der Waals surface area contributed by atoms with Gasteiger partial charge in [-0.25, -0.2) is 4.79 Å². The molecule has 0 aromatic heterocycles. The third kappa shape index (κ3) is 3.12. The molecule has 0 bridgehead atoms. The van der Waals surface area contributed by atoms with Crippen LogP contribution in [0.3, 0.4) is 0 Å². The van der Waals surface area contributed by atoms with Gasteiger partial charge in [0.2, 0.25) is 5.91 Å². The normalized spacial score (nSPS) is 17.9. The zero-order valence-corrected chi connectivity index (χ0v) is 8.32. The lowest BCUT2D eigenvalue weighted by atomic mass is 10.3. The van der Waals surface area contributed by atoms with Crippen LogP contribution in [0, 0.1) is 0 Å². The Kier molecular flexibility index (Phi) is 3.48. The Morgan fingerprint density at radius 2 is 2.27 bits per heavy atom. The molecule has 1 saturated heterocycles. The van der Waals surface area contributed by atoms with Gasteiger partial charge in [-0.3, -0.25) is 9.59 Å². The lowest BCUT2D eigenvalue weighted by molar-refractivity contribution is -0.138. The van der Waals surface area contributed by atoms with E-state index in [1.165, 1.54) is 11.8 Å². The van der Waals surface area contributed by atoms with Crippen molar-refractivity contribution in [3.05, 3.63) is 0 Å². The van der Waals surface area contributed by atoms with Crippen molar-refractivity contribution in [3.63, 3.8) is 0 Å². The molecule has 0 spiro atoms. The maximum atomic E-state index is 11.4. The van der Waals surface area contributed by atoms with E-state index in [1.807, 2.05) is 0 Å². The molecule has 1 aliphatic rings. The van der Waals surface area contributed by atoms with E-state index in [-0.39, 0.29) is 12.5 Å². The third-order valence-electron chi connectivity index (χ3n) is 2.04. The van der Waals surface area contributed by atoms with Gasteiger partial charge in [0.15, 0.2) is 0 Å². The summed E-state index contributed by atoms with van der Waals surface area (Å²) < 4.78 is 0. The maximum Gasteiger partial charge on any atom is 0.325 e. The number of aliphatic carboxylic acids is 1. The molecule has 7 heteroatoms. The molecule has 1 atom stereocenters. The Labute approximate surface area is 86.4 Å². The first-order valence-electron chi connectivity index (χ1n) is 4.55. The number of rotatable bonds is 2. The Bertz CT molecular complexity index is 292. The standard InChI is InChI=1S/C8H13N3O4/c1-5(7(13)14)10-8(15)11-3-2-9-6(12)4-11/h5H,2-4H2,1H3,(H,9,12)(H,10,15)(H,13,14)/t5-/m0/s1. The summed E-state index contributed by atoms with van der Waals surface area (Å²) in [4.78, 5) is 34.1. The minimum Gasteiger partial charge on any atom is -0.480 e. The van der Waals surface area contributed by atoms with E-state index in [0.29, 0.717) is 13.1 Å². The van der Waals surface area contributed by atoms with Gasteiger partial charge in [0.05, 0.1) is 0 Å². The molecule has 1 fully saturated rings. The predicted molar refractivity (Wildman–Crippen MR) is 50.2 cm³/mol. The highest BCUT2D eigenvalue weighted by atomic mass is 16.4. The van der Waals surface area contributed by atoms with Gasteiger partial charge in [0.1, 0.15) is 12.6 Å². The predicted octanol–water partition coefficient (Wildman–Crippen LogP) is -1.40. The zero-order chi connectivity index (χ0) is 11.4. The smallest absolute Gasteiger partial charge is 0.325 e. The lowest BCUT2D eigenvalue weighted by Gasteiger charge is -2.27. The molecule has 1 heterocycles. The maximum absolute atomic E-state index is 11.4. The molecular formula is C8H13N3O4. The van der Waals surface area contributed by atoms with E-state index in [4.69, 9.17) is 5.11 Å². The van der Waals surface area contributed by atoms with Crippen molar-refractivity contribution < 1.29 is 19.5 Å². The number of carbonyl (C=O) groups excluding carboxylic acids is 2. The van der Waals surface area contributed by atoms with Crippen LogP contribution < -0.4 is 10.6 Å². The Balaban J connectivity index is 2.46. The van der Waals surface area contributed by atoms with Crippen LogP contribution in [0.25, 0.3) is 0 Å². The SMILES string of the molecule is C[C@H](NC(=O)N1CCNC(=O)C1)C(=O)O. The number of carbonyl (C=O) groups is 3. The molecule has 1 rings (SSSR count). The number of amides is 3. The molecule has 0 unspecified atom stereocenters. The van der Waals surface area contributed by atoms with Crippen LogP contribution in [-0.4, -0.2) is 53.6 Å². The number of nitrogens with zero attached hydrogens (tertiary/aromatic N) is 1. The van der Waals surface area contributed by atoms with Crippen molar-refractivity contribution >= 4 is 17.9 Å². The second kappa shape index (κ2) is 4.63. The van der Waals surface area contributed by atoms with Gasteiger partial charge in [0.25, 0.3) is 0 Å². The molecule has 1 aliphatic heterocycles. The van der Waals surface area contributed by atoms with Crippen LogP contribution in [0.4, 0.5) is 4.79 Å². The van der Waals surface area contributed by atoms with E-state index in [1.54, 1.807) is 0 Å². The summed E-state index contributed by atoms with van der Waals surface area (Å²) in [6.45, 7) is 2.13. The summed E-state index contributed by atoms with van der Waals surface area (Å²) in [6.07, 6.45) is 0. The molecule has 0 radical (unpaired) electrons. The number of hydrogen-bond acceptors (Lipinski definition) is 3. The molecule has 0 aromatic rings. The Hall–Kier alpha value is -1.79. The monoisotopic (exact) mass is 215 g/mol. The molecule has 7 nitrogen and oxygen atoms in total. The van der Waals surface area contributed by atoms with Crippen molar-refractivity contribution in [1.29, 1.82) is 0 Å². The Morgan fingerprint density at radius 1 is 1.60 bits per heavy atom. The van der Waals surface area contributed by atoms with E-state index in [2.05, 4.69) is 10.6 Å². The quantitative estimate of drug-likeness (QED) is 0.527. The first kappa shape index (κ1) is 11.3. The minimum atomic E-state index is -1.11. The summed E-state index contributed by atoms with van der Waals surface area (Å²) in [5.74, 6) is -1.34. The fraction of sp³-hybridized carbons (Fsp3) is 0.625. The number of hydrogen-bond donors (Lipinski definition) is 3. The second-order valence-electron chi connectivity index (χ2n) is 3.28. The summed E-state index contributed by atoms with van der Waals surface area (Å²) >= 11 is 0. The summed E-state index contributed by atoms with van der Waals surface area (Å²) in [5, 5.41) is 13.4. The zero-order valence-electron chi connectivity index (χ0n) is 8.32. The first-order valence-corrected chi connectivity index (χ1v) is 4.55. The van der Waals surface area contributed by atoms with Crippen molar-refractivity contribution in [1.82, 2.24) is 15.5 Å². The van der Waals surface area contributed by atoms with E-state index >= 15 is 0 Å². The molecule has 3 N–H and O–H groups in total. The van der Waals surface area contributed by atoms with Gasteiger partial charge in [-0.1, -0.05) is 0 Å². The van der Waals surface area contributed by atoms with Crippen LogP contribution in [0.1, 0.15) is 6.92 Å². The van der Waals surface area contributed by atoms with E-state index in [9.17, 15) is 14.4 Å². The van der Waals surface area contributed by atoms with Gasteiger partial charge in [-0.2, -0.15) is 0 Å². The highest BCUT2D eigenvalue weighted by Crippen LogP contribution is 1.95. The van der Waals surface area contributed by atoms with Crippen LogP contribution in [0.5, 0.6) is 0 Å². The average molecular weight is 215 g/mol. The number of urea groups is 1. The highest BCUT2D eigenvalue weighted by molar-refractivity contribution is 5.87. The van der Waals surface area contributed by atoms with Crippen LogP contribution >= 0.6 is 0 Å². The summed E-state index contributed by atoms with van der Waals surface area (Å²) in [6, 6.07) is -1.48. The summed E-state index contributed by atoms with van der Waals surface area (Å²) in [5.41, 5.74) is 0. The Morgan fingerprint density at radius 3 is 2.80 bits per heavy atom. The van der Waals surface area contributed by atoms with E-state index in [0.717, 1.165) is 0 Å². The van der Waals surface area contributed by atoms with Gasteiger partial charge in [0, 0.05) is 13.1 Å². The second-order valence-corrected chi connectivity index (χ2v) is 3.28. The molecule has 0 saturated carbocycles. The highest BCUT2D eigenvalue weighted by Gasteiger charge is 2.23. The van der Waals surface area contributed by atoms with Crippen LogP contribution in [0.15, 0.2) is 0 Å². The van der Waals surface area contributed by atoms with Crippen molar-refractivity contribution in [3.8, 4) is 0 Å². The average Bonchev–Trinajstić information content (AvgIpc) is 2.17. The first-order chi connectivity index (χ1) is 7.00. The molecule has 15 heavy (non-hydrogen) atoms. The molecule has 0 aromatic carbocycles. The fourth-order valence-corrected chi connectivity index (χ4v) is 1.15. The third-order valence-corrected chi connectivity index (χ3v) is 2.04. The summed E-state index contributed by atoms with van der Waals surface area (Å²) in [7, 11) is 0. The molecule has 3 amide bonds. The topological polar surface area (TPSA) is 98.7 Å². The van der Waals surface area contributed by atoms with Crippen LogP contribution in [-0.2, 0) is 9.59 Å². The van der Waals surface area contributed by atoms with Gasteiger partial charge in [-0.05, 0) is 6.92 Å². The van der Waals surface area contributed by atoms with Gasteiger partial charge >= 0.3 is 12.0 Å². The molecular weight excluding hydrogens is 202 g/mol. The fourth-order valence-electron chi connectivity index (χ4n) is 1.15. The number of carboxylic acids is 1. The van der Waals surface area contributed by atoms with Crippen molar-refractivity contribution in [2.45, 2.75) is 13.0 Å². The minimum absolute atomic E-state index is 0.0296. The van der Waals surface area contributed by atoms with Crippen molar-refractivity contribution in [2.75, 3.05) is 19.6 Å². The van der Waals surface area contributed by atoms with Crippen LogP contribution in [0.2, 0.25) is 0 Å². The number of piperazine rings is 1.